The highest BCUT2D eigenvalue weighted by Crippen LogP contribution is 2.35. The third kappa shape index (κ3) is 3.91. The van der Waals surface area contributed by atoms with E-state index in [1.54, 1.807) is 36.4 Å². The van der Waals surface area contributed by atoms with Crippen LogP contribution in [-0.2, 0) is 4.74 Å². The lowest BCUT2D eigenvalue weighted by Crippen LogP contribution is -2.19. The topological polar surface area (TPSA) is 119 Å². The molecule has 150 valence electrons. The number of esters is 1. The molecule has 0 fully saturated rings. The Morgan fingerprint density at radius 2 is 1.80 bits per heavy atom. The van der Waals surface area contributed by atoms with E-state index in [0.29, 0.717) is 22.8 Å². The number of hydrogen-bond donors (Lipinski definition) is 3. The molecule has 4 aromatic rings. The summed E-state index contributed by atoms with van der Waals surface area (Å²) in [5.74, 6) is -0.0337. The summed E-state index contributed by atoms with van der Waals surface area (Å²) >= 11 is 1.50. The minimum absolute atomic E-state index is 0.353. The van der Waals surface area contributed by atoms with E-state index in [1.165, 1.54) is 24.8 Å². The van der Waals surface area contributed by atoms with Crippen molar-refractivity contribution in [3.8, 4) is 11.1 Å². The van der Waals surface area contributed by atoms with Gasteiger partial charge in [0.05, 0.1) is 18.1 Å². The maximum Gasteiger partial charge on any atom is 0.337 e. The maximum atomic E-state index is 12.3. The van der Waals surface area contributed by atoms with Crippen molar-refractivity contribution in [2.45, 2.75) is 0 Å². The summed E-state index contributed by atoms with van der Waals surface area (Å²) in [6.07, 6.45) is 1.45. The molecule has 0 bridgehead atoms. The third-order valence-corrected chi connectivity index (χ3v) is 5.28. The van der Waals surface area contributed by atoms with Gasteiger partial charge in [-0.3, -0.25) is 0 Å². The number of hydrogen-bond acceptors (Lipinski definition) is 7. The van der Waals surface area contributed by atoms with E-state index in [-0.39, 0.29) is 0 Å². The highest BCUT2D eigenvalue weighted by Gasteiger charge is 2.12. The number of fused-ring (bicyclic) bond motifs is 1. The van der Waals surface area contributed by atoms with Gasteiger partial charge in [-0.1, -0.05) is 18.2 Å². The first kappa shape index (κ1) is 19.3. The van der Waals surface area contributed by atoms with Gasteiger partial charge in [-0.25, -0.2) is 19.6 Å². The molecule has 0 saturated carbocycles. The summed E-state index contributed by atoms with van der Waals surface area (Å²) < 4.78 is 4.69. The maximum absolute atomic E-state index is 12.3. The molecule has 2 amide bonds. The number of aromatic nitrogens is 2. The number of amides is 2. The van der Waals surface area contributed by atoms with Crippen LogP contribution in [0.25, 0.3) is 21.3 Å². The number of ether oxygens (including phenoxy) is 1. The number of methoxy groups -OCH3 is 1. The summed E-state index contributed by atoms with van der Waals surface area (Å²) in [6, 6.07) is 13.4. The smallest absolute Gasteiger partial charge is 0.337 e. The number of nitrogens with zero attached hydrogens (tertiary/aromatic N) is 2. The fourth-order valence-corrected chi connectivity index (χ4v) is 3.90. The fraction of sp³-hybridized carbons (Fsp3) is 0.0476. The summed E-state index contributed by atoms with van der Waals surface area (Å²) in [5, 5.41) is 8.27. The Morgan fingerprint density at radius 1 is 1.03 bits per heavy atom. The second kappa shape index (κ2) is 8.18. The van der Waals surface area contributed by atoms with Crippen molar-refractivity contribution in [3.05, 3.63) is 65.8 Å². The highest BCUT2D eigenvalue weighted by molar-refractivity contribution is 7.17. The molecule has 0 unspecified atom stereocenters. The van der Waals surface area contributed by atoms with Crippen LogP contribution in [0.5, 0.6) is 0 Å². The molecule has 9 heteroatoms. The number of thiophene rings is 1. The number of urea groups is 1. The highest BCUT2D eigenvalue weighted by atomic mass is 32.1. The molecule has 0 spiro atoms. The Hall–Kier alpha value is -3.98. The number of nitrogens with one attached hydrogen (secondary N) is 2. The van der Waals surface area contributed by atoms with Gasteiger partial charge < -0.3 is 21.1 Å². The van der Waals surface area contributed by atoms with Crippen LogP contribution in [0, 0.1) is 0 Å². The zero-order valence-electron chi connectivity index (χ0n) is 15.9. The second-order valence-corrected chi connectivity index (χ2v) is 7.18. The predicted molar refractivity (Wildman–Crippen MR) is 118 cm³/mol. The van der Waals surface area contributed by atoms with Gasteiger partial charge in [0.15, 0.2) is 0 Å². The molecule has 2 heterocycles. The minimum atomic E-state index is -0.471. The average Bonchev–Trinajstić information content (AvgIpc) is 3.19. The van der Waals surface area contributed by atoms with Crippen molar-refractivity contribution in [2.24, 2.45) is 0 Å². The first-order valence-corrected chi connectivity index (χ1v) is 9.77. The SMILES string of the molecule is COC(=O)c1cccc(NC(=O)Nc2ccc(-c3csc4ncnc(N)c34)cc2)c1. The summed E-state index contributed by atoms with van der Waals surface area (Å²) in [5.41, 5.74) is 9.35. The van der Waals surface area contributed by atoms with E-state index in [9.17, 15) is 9.59 Å². The third-order valence-electron chi connectivity index (χ3n) is 4.39. The number of nitrogens with two attached hydrogens (primary N) is 1. The number of carbonyl (C=O) groups excluding carboxylic acids is 2. The zero-order valence-corrected chi connectivity index (χ0v) is 16.7. The van der Waals surface area contributed by atoms with Gasteiger partial charge in [0.25, 0.3) is 0 Å². The van der Waals surface area contributed by atoms with Crippen LogP contribution < -0.4 is 16.4 Å². The second-order valence-electron chi connectivity index (χ2n) is 6.32. The minimum Gasteiger partial charge on any atom is -0.465 e. The lowest BCUT2D eigenvalue weighted by molar-refractivity contribution is 0.0600. The first-order valence-electron chi connectivity index (χ1n) is 8.89. The summed E-state index contributed by atoms with van der Waals surface area (Å²) in [6.45, 7) is 0. The van der Waals surface area contributed by atoms with Crippen molar-refractivity contribution in [1.82, 2.24) is 9.97 Å². The van der Waals surface area contributed by atoms with Crippen molar-refractivity contribution in [3.63, 3.8) is 0 Å². The molecule has 2 aromatic carbocycles. The number of anilines is 3. The molecule has 0 atom stereocenters. The number of carbonyl (C=O) groups is 2. The lowest BCUT2D eigenvalue weighted by atomic mass is 10.1. The Balaban J connectivity index is 1.47. The van der Waals surface area contributed by atoms with E-state index in [0.717, 1.165) is 21.3 Å². The predicted octanol–water partition coefficient (Wildman–Crippen LogP) is 4.37. The van der Waals surface area contributed by atoms with Crippen LogP contribution in [0.4, 0.5) is 22.0 Å². The largest absolute Gasteiger partial charge is 0.465 e. The number of nitrogen functional groups attached to an aromatic ring is 1. The van der Waals surface area contributed by atoms with Crippen molar-refractivity contribution in [1.29, 1.82) is 0 Å². The van der Waals surface area contributed by atoms with E-state index in [1.807, 2.05) is 17.5 Å². The summed E-state index contributed by atoms with van der Waals surface area (Å²) in [7, 11) is 1.30. The lowest BCUT2D eigenvalue weighted by Gasteiger charge is -2.09. The van der Waals surface area contributed by atoms with Crippen LogP contribution in [0.15, 0.2) is 60.2 Å². The first-order chi connectivity index (χ1) is 14.5. The molecule has 0 saturated heterocycles. The standard InChI is InChI=1S/C21H17N5O3S/c1-29-20(27)13-3-2-4-15(9-13)26-21(28)25-14-7-5-12(6-8-14)16-10-30-19-17(16)18(22)23-11-24-19/h2-11H,1H3,(H2,22,23,24)(H2,25,26,28). The van der Waals surface area contributed by atoms with Gasteiger partial charge in [0.1, 0.15) is 17.0 Å². The Morgan fingerprint density at radius 3 is 2.57 bits per heavy atom. The Bertz CT molecular complexity index is 1240. The molecule has 0 radical (unpaired) electrons. The van der Waals surface area contributed by atoms with E-state index < -0.39 is 12.0 Å². The van der Waals surface area contributed by atoms with Gasteiger partial charge in [-0.2, -0.15) is 0 Å². The van der Waals surface area contributed by atoms with Gasteiger partial charge in [-0.15, -0.1) is 11.3 Å². The monoisotopic (exact) mass is 419 g/mol. The fourth-order valence-electron chi connectivity index (χ4n) is 2.98. The van der Waals surface area contributed by atoms with Gasteiger partial charge in [0, 0.05) is 22.3 Å². The molecule has 0 aliphatic heterocycles. The quantitative estimate of drug-likeness (QED) is 0.423. The molecule has 0 aliphatic rings. The van der Waals surface area contributed by atoms with Crippen molar-refractivity contribution in [2.75, 3.05) is 23.5 Å². The van der Waals surface area contributed by atoms with E-state index >= 15 is 0 Å². The molecule has 2 aromatic heterocycles. The van der Waals surface area contributed by atoms with Gasteiger partial charge in [0.2, 0.25) is 0 Å². The summed E-state index contributed by atoms with van der Waals surface area (Å²) in [4.78, 5) is 33.0. The average molecular weight is 419 g/mol. The van der Waals surface area contributed by atoms with Crippen LogP contribution in [-0.4, -0.2) is 29.1 Å². The van der Waals surface area contributed by atoms with Crippen LogP contribution in [0.3, 0.4) is 0 Å². The molecular formula is C21H17N5O3S. The van der Waals surface area contributed by atoms with Gasteiger partial charge in [-0.05, 0) is 35.9 Å². The zero-order chi connectivity index (χ0) is 21.1. The van der Waals surface area contributed by atoms with Crippen molar-refractivity contribution < 1.29 is 14.3 Å². The Kier molecular flexibility index (Phi) is 5.27. The van der Waals surface area contributed by atoms with E-state index in [2.05, 4.69) is 25.3 Å². The van der Waals surface area contributed by atoms with E-state index in [4.69, 9.17) is 5.73 Å². The van der Waals surface area contributed by atoms with Crippen molar-refractivity contribution >= 4 is 50.7 Å². The van der Waals surface area contributed by atoms with Crippen LogP contribution >= 0.6 is 11.3 Å². The number of benzene rings is 2. The normalized spacial score (nSPS) is 10.6. The molecule has 0 aliphatic carbocycles. The molecule has 8 nitrogen and oxygen atoms in total. The Labute approximate surface area is 175 Å². The van der Waals surface area contributed by atoms with Crippen LogP contribution in [0.2, 0.25) is 0 Å². The molecule has 4 N–H and O–H groups in total. The van der Waals surface area contributed by atoms with Crippen LogP contribution in [0.1, 0.15) is 10.4 Å². The molecule has 30 heavy (non-hydrogen) atoms. The molecule has 4 rings (SSSR count). The number of rotatable bonds is 4. The molecular weight excluding hydrogens is 402 g/mol. The van der Waals surface area contributed by atoms with Gasteiger partial charge >= 0.3 is 12.0 Å².